The van der Waals surface area contributed by atoms with Gasteiger partial charge in [0.15, 0.2) is 0 Å². The summed E-state index contributed by atoms with van der Waals surface area (Å²) >= 11 is 3.30. The first-order chi connectivity index (χ1) is 8.15. The average molecular weight is 296 g/mol. The van der Waals surface area contributed by atoms with Gasteiger partial charge in [-0.25, -0.2) is 4.98 Å². The lowest BCUT2D eigenvalue weighted by atomic mass is 10.1. The van der Waals surface area contributed by atoms with Crippen LogP contribution in [0.1, 0.15) is 16.1 Å². The Morgan fingerprint density at radius 1 is 1.53 bits per heavy atom. The molecule has 0 radical (unpaired) electrons. The van der Waals surface area contributed by atoms with Gasteiger partial charge in [0, 0.05) is 13.2 Å². The molecule has 5 nitrogen and oxygen atoms in total. The van der Waals surface area contributed by atoms with Crippen molar-refractivity contribution >= 4 is 21.7 Å². The largest absolute Gasteiger partial charge is 0.480 e. The smallest absolute Gasteiger partial charge is 0.224 e. The van der Waals surface area contributed by atoms with Crippen LogP contribution in [0.15, 0.2) is 29.0 Å². The number of aryl methyl sites for hydroxylation is 1. The second kappa shape index (κ2) is 4.67. The number of carbonyl (C=O) groups is 1. The van der Waals surface area contributed by atoms with Gasteiger partial charge in [0.1, 0.15) is 5.69 Å². The highest BCUT2D eigenvalue weighted by Gasteiger charge is 2.20. The fourth-order valence-corrected chi connectivity index (χ4v) is 2.05. The van der Waals surface area contributed by atoms with E-state index in [1.54, 1.807) is 31.6 Å². The predicted molar refractivity (Wildman–Crippen MR) is 65.1 cm³/mol. The zero-order valence-electron chi connectivity index (χ0n) is 9.35. The van der Waals surface area contributed by atoms with Crippen LogP contribution in [-0.4, -0.2) is 27.7 Å². The third-order valence-electron chi connectivity index (χ3n) is 2.32. The summed E-state index contributed by atoms with van der Waals surface area (Å²) in [4.78, 5) is 16.3. The maximum Gasteiger partial charge on any atom is 0.224 e. The highest BCUT2D eigenvalue weighted by atomic mass is 79.9. The minimum Gasteiger partial charge on any atom is -0.480 e. The van der Waals surface area contributed by atoms with Crippen molar-refractivity contribution in [2.24, 2.45) is 7.05 Å². The Hall–Kier alpha value is -1.69. The Morgan fingerprint density at radius 2 is 2.29 bits per heavy atom. The first-order valence-corrected chi connectivity index (χ1v) is 5.65. The van der Waals surface area contributed by atoms with Crippen LogP contribution >= 0.6 is 15.9 Å². The molecule has 0 amide bonds. The lowest BCUT2D eigenvalue weighted by Crippen LogP contribution is -2.10. The van der Waals surface area contributed by atoms with E-state index in [9.17, 15) is 4.79 Å². The molecule has 0 aliphatic heterocycles. The summed E-state index contributed by atoms with van der Waals surface area (Å²) in [5.41, 5.74) is 0.885. The molecule has 0 N–H and O–H groups in total. The Bertz CT molecular complexity index is 546. The third kappa shape index (κ3) is 2.08. The molecule has 17 heavy (non-hydrogen) atoms. The molecular formula is C11H10BrN3O2. The number of ether oxygens (including phenoxy) is 1. The molecule has 88 valence electrons. The number of hydrogen-bond donors (Lipinski definition) is 0. The van der Waals surface area contributed by atoms with Crippen molar-refractivity contribution in [2.75, 3.05) is 7.11 Å². The molecule has 2 aromatic heterocycles. The van der Waals surface area contributed by atoms with Gasteiger partial charge in [0.05, 0.1) is 23.3 Å². The number of pyridine rings is 1. The standard InChI is InChI=1S/C11H10BrN3O2/c1-15-9(8(12)6-14-15)10(16)7-4-3-5-13-11(7)17-2/h3-6H,1-2H3. The summed E-state index contributed by atoms with van der Waals surface area (Å²) in [5.74, 6) is 0.132. The molecule has 0 spiro atoms. The van der Waals surface area contributed by atoms with Crippen molar-refractivity contribution < 1.29 is 9.53 Å². The topological polar surface area (TPSA) is 57.0 Å². The van der Waals surface area contributed by atoms with Crippen LogP contribution in [0.4, 0.5) is 0 Å². The third-order valence-corrected chi connectivity index (χ3v) is 2.90. The summed E-state index contributed by atoms with van der Waals surface area (Å²) in [7, 11) is 3.19. The average Bonchev–Trinajstić information content (AvgIpc) is 2.68. The molecule has 0 fully saturated rings. The second-order valence-electron chi connectivity index (χ2n) is 3.35. The number of methoxy groups -OCH3 is 1. The van der Waals surface area contributed by atoms with Crippen molar-refractivity contribution in [1.82, 2.24) is 14.8 Å². The van der Waals surface area contributed by atoms with Crippen molar-refractivity contribution in [2.45, 2.75) is 0 Å². The van der Waals surface area contributed by atoms with Crippen molar-refractivity contribution in [3.8, 4) is 5.88 Å². The van der Waals surface area contributed by atoms with Crippen molar-refractivity contribution in [1.29, 1.82) is 0 Å². The summed E-state index contributed by atoms with van der Waals surface area (Å²) in [6, 6.07) is 3.37. The van der Waals surface area contributed by atoms with E-state index in [1.165, 1.54) is 11.8 Å². The van der Waals surface area contributed by atoms with Gasteiger partial charge in [-0.3, -0.25) is 9.48 Å². The molecule has 0 atom stereocenters. The lowest BCUT2D eigenvalue weighted by molar-refractivity contribution is 0.102. The molecule has 0 bridgehead atoms. The van der Waals surface area contributed by atoms with Gasteiger partial charge in [-0.2, -0.15) is 5.10 Å². The van der Waals surface area contributed by atoms with E-state index >= 15 is 0 Å². The van der Waals surface area contributed by atoms with Crippen LogP contribution in [0.5, 0.6) is 5.88 Å². The number of carbonyl (C=O) groups excluding carboxylic acids is 1. The normalized spacial score (nSPS) is 10.3. The van der Waals surface area contributed by atoms with E-state index in [4.69, 9.17) is 4.74 Å². The molecule has 6 heteroatoms. The second-order valence-corrected chi connectivity index (χ2v) is 4.21. The van der Waals surface area contributed by atoms with Crippen LogP contribution in [0, 0.1) is 0 Å². The van der Waals surface area contributed by atoms with E-state index in [2.05, 4.69) is 26.0 Å². The van der Waals surface area contributed by atoms with E-state index in [1.807, 2.05) is 0 Å². The number of halogens is 1. The SMILES string of the molecule is COc1ncccc1C(=O)c1c(Br)cnn1C. The molecule has 2 heterocycles. The fourth-order valence-electron chi connectivity index (χ4n) is 1.52. The number of nitrogens with zero attached hydrogens (tertiary/aromatic N) is 3. The molecule has 0 aliphatic carbocycles. The lowest BCUT2D eigenvalue weighted by Gasteiger charge is -2.06. The number of hydrogen-bond acceptors (Lipinski definition) is 4. The van der Waals surface area contributed by atoms with Gasteiger partial charge in [-0.1, -0.05) is 0 Å². The summed E-state index contributed by atoms with van der Waals surface area (Å²) < 4.78 is 7.23. The van der Waals surface area contributed by atoms with Gasteiger partial charge in [0.25, 0.3) is 0 Å². The Balaban J connectivity index is 2.51. The summed E-state index contributed by atoms with van der Waals surface area (Å²) in [6.07, 6.45) is 3.16. The first kappa shape index (κ1) is 11.8. The highest BCUT2D eigenvalue weighted by molar-refractivity contribution is 9.10. The Morgan fingerprint density at radius 3 is 2.88 bits per heavy atom. The van der Waals surface area contributed by atoms with Crippen molar-refractivity contribution in [3.05, 3.63) is 40.3 Å². The van der Waals surface area contributed by atoms with Gasteiger partial charge in [-0.15, -0.1) is 0 Å². The maximum absolute atomic E-state index is 12.3. The molecule has 0 aliphatic rings. The Labute approximate surface area is 107 Å². The van der Waals surface area contributed by atoms with Gasteiger partial charge < -0.3 is 4.74 Å². The van der Waals surface area contributed by atoms with Crippen LogP contribution in [0.2, 0.25) is 0 Å². The highest BCUT2D eigenvalue weighted by Crippen LogP contribution is 2.23. The van der Waals surface area contributed by atoms with E-state index in [0.29, 0.717) is 21.6 Å². The van der Waals surface area contributed by atoms with Crippen molar-refractivity contribution in [3.63, 3.8) is 0 Å². The molecule has 0 saturated heterocycles. The number of ketones is 1. The van der Waals surface area contributed by atoms with Gasteiger partial charge in [-0.05, 0) is 28.1 Å². The fraction of sp³-hybridized carbons (Fsp3) is 0.182. The van der Waals surface area contributed by atoms with Crippen LogP contribution in [-0.2, 0) is 7.05 Å². The van der Waals surface area contributed by atoms with E-state index < -0.39 is 0 Å². The zero-order valence-corrected chi connectivity index (χ0v) is 10.9. The van der Waals surface area contributed by atoms with Crippen LogP contribution < -0.4 is 4.74 Å². The first-order valence-electron chi connectivity index (χ1n) is 4.86. The molecule has 0 aromatic carbocycles. The summed E-state index contributed by atoms with van der Waals surface area (Å²) in [6.45, 7) is 0. The molecular weight excluding hydrogens is 286 g/mol. The zero-order chi connectivity index (χ0) is 12.4. The predicted octanol–water partition coefficient (Wildman–Crippen LogP) is 1.82. The monoisotopic (exact) mass is 295 g/mol. The molecule has 0 saturated carbocycles. The minimum absolute atomic E-state index is 0.179. The quantitative estimate of drug-likeness (QED) is 0.811. The molecule has 2 aromatic rings. The minimum atomic E-state index is -0.179. The number of aromatic nitrogens is 3. The van der Waals surface area contributed by atoms with E-state index in [-0.39, 0.29) is 5.78 Å². The Kier molecular flexibility index (Phi) is 3.23. The molecule has 0 unspecified atom stereocenters. The van der Waals surface area contributed by atoms with E-state index in [0.717, 1.165) is 0 Å². The van der Waals surface area contributed by atoms with Gasteiger partial charge in [0.2, 0.25) is 11.7 Å². The molecule has 2 rings (SSSR count). The summed E-state index contributed by atoms with van der Waals surface area (Å²) in [5, 5.41) is 4.01. The maximum atomic E-state index is 12.3. The van der Waals surface area contributed by atoms with Crippen LogP contribution in [0.25, 0.3) is 0 Å². The van der Waals surface area contributed by atoms with Crippen LogP contribution in [0.3, 0.4) is 0 Å². The van der Waals surface area contributed by atoms with Gasteiger partial charge >= 0.3 is 0 Å². The number of rotatable bonds is 3.